The molecule has 0 aliphatic carbocycles. The average Bonchev–Trinajstić information content (AvgIpc) is 2.11. The third-order valence-corrected chi connectivity index (χ3v) is 2.92. The fourth-order valence-corrected chi connectivity index (χ4v) is 1.81. The first kappa shape index (κ1) is 10.6. The maximum absolute atomic E-state index is 8.77. The van der Waals surface area contributed by atoms with Gasteiger partial charge in [0, 0.05) is 4.90 Å². The highest BCUT2D eigenvalue weighted by atomic mass is 32.2. The molecule has 0 saturated carbocycles. The molecule has 3 heteroatoms. The summed E-state index contributed by atoms with van der Waals surface area (Å²) >= 11 is 1.49. The molecule has 0 heterocycles. The number of nitrogens with two attached hydrogens (primary N) is 1. The molecule has 0 spiro atoms. The Morgan fingerprint density at radius 3 is 2.62 bits per heavy atom. The smallest absolute Gasteiger partial charge is 0.0789 e. The molecule has 1 atom stereocenters. The van der Waals surface area contributed by atoms with E-state index < -0.39 is 0 Å². The number of aryl methyl sites for hydroxylation is 2. The van der Waals surface area contributed by atoms with Crippen LogP contribution in [0.15, 0.2) is 23.1 Å². The Hall–Kier alpha value is -0.510. The summed E-state index contributed by atoms with van der Waals surface area (Å²) in [6, 6.07) is 6.19. The normalized spacial score (nSPS) is 12.9. The van der Waals surface area contributed by atoms with Crippen LogP contribution in [0.3, 0.4) is 0 Å². The molecule has 2 nitrogen and oxygen atoms in total. The Labute approximate surface area is 83.1 Å². The maximum Gasteiger partial charge on any atom is 0.0789 e. The summed E-state index contributed by atoms with van der Waals surface area (Å²) in [5, 5.41) is 8.55. The molecule has 0 aliphatic heterocycles. The van der Waals surface area contributed by atoms with Crippen molar-refractivity contribution in [3.63, 3.8) is 0 Å². The standard InChI is InChI=1S/C10H15NOS/c1-7-3-4-9(5-8(7)2)13-10(11)6-12/h3-5,10,12H,6,11H2,1-2H3. The van der Waals surface area contributed by atoms with Crippen molar-refractivity contribution in [2.45, 2.75) is 24.1 Å². The van der Waals surface area contributed by atoms with Crippen molar-refractivity contribution in [3.05, 3.63) is 29.3 Å². The minimum atomic E-state index is -0.220. The minimum Gasteiger partial charge on any atom is -0.394 e. The molecule has 0 aromatic heterocycles. The van der Waals surface area contributed by atoms with E-state index in [4.69, 9.17) is 10.8 Å². The molecular weight excluding hydrogens is 182 g/mol. The van der Waals surface area contributed by atoms with Crippen molar-refractivity contribution in [2.24, 2.45) is 5.73 Å². The third-order valence-electron chi connectivity index (χ3n) is 1.95. The van der Waals surface area contributed by atoms with Gasteiger partial charge in [-0.1, -0.05) is 6.07 Å². The summed E-state index contributed by atoms with van der Waals surface area (Å²) in [4.78, 5) is 1.12. The molecule has 3 N–H and O–H groups in total. The number of aliphatic hydroxyl groups excluding tert-OH is 1. The first-order valence-electron chi connectivity index (χ1n) is 4.24. The van der Waals surface area contributed by atoms with E-state index in [1.807, 2.05) is 6.07 Å². The van der Waals surface area contributed by atoms with Gasteiger partial charge < -0.3 is 10.8 Å². The summed E-state index contributed by atoms with van der Waals surface area (Å²) in [7, 11) is 0. The minimum absolute atomic E-state index is 0.0115. The van der Waals surface area contributed by atoms with E-state index in [0.717, 1.165) is 4.90 Å². The lowest BCUT2D eigenvalue weighted by molar-refractivity contribution is 0.296. The lowest BCUT2D eigenvalue weighted by Gasteiger charge is -2.09. The molecule has 1 aromatic rings. The Bertz CT molecular complexity index is 288. The molecule has 0 amide bonds. The zero-order valence-corrected chi connectivity index (χ0v) is 8.77. The highest BCUT2D eigenvalue weighted by Gasteiger charge is 2.03. The first-order chi connectivity index (χ1) is 6.13. The van der Waals surface area contributed by atoms with Crippen LogP contribution in [0.2, 0.25) is 0 Å². The number of hydrogen-bond acceptors (Lipinski definition) is 3. The number of rotatable bonds is 3. The van der Waals surface area contributed by atoms with Crippen LogP contribution in [0.5, 0.6) is 0 Å². The van der Waals surface area contributed by atoms with Crippen LogP contribution in [0.1, 0.15) is 11.1 Å². The predicted octanol–water partition coefficient (Wildman–Crippen LogP) is 1.67. The van der Waals surface area contributed by atoms with Gasteiger partial charge >= 0.3 is 0 Å². The summed E-state index contributed by atoms with van der Waals surface area (Å²) in [5.41, 5.74) is 8.15. The van der Waals surface area contributed by atoms with Crippen LogP contribution in [0, 0.1) is 13.8 Å². The average molecular weight is 197 g/mol. The lowest BCUT2D eigenvalue weighted by Crippen LogP contribution is -2.19. The van der Waals surface area contributed by atoms with E-state index >= 15 is 0 Å². The number of benzene rings is 1. The fourth-order valence-electron chi connectivity index (χ4n) is 0.999. The van der Waals surface area contributed by atoms with Crippen LogP contribution in [-0.2, 0) is 0 Å². The van der Waals surface area contributed by atoms with Crippen molar-refractivity contribution in [1.82, 2.24) is 0 Å². The quantitative estimate of drug-likeness (QED) is 0.572. The number of hydrogen-bond donors (Lipinski definition) is 2. The molecule has 1 unspecified atom stereocenters. The number of aliphatic hydroxyl groups is 1. The van der Waals surface area contributed by atoms with Crippen molar-refractivity contribution in [3.8, 4) is 0 Å². The Morgan fingerprint density at radius 1 is 1.38 bits per heavy atom. The van der Waals surface area contributed by atoms with Gasteiger partial charge in [0.25, 0.3) is 0 Å². The Morgan fingerprint density at radius 2 is 2.08 bits per heavy atom. The molecule has 0 fully saturated rings. The van der Waals surface area contributed by atoms with Crippen LogP contribution in [0.25, 0.3) is 0 Å². The molecule has 1 rings (SSSR count). The molecule has 0 saturated heterocycles. The second-order valence-corrected chi connectivity index (χ2v) is 4.40. The number of thioether (sulfide) groups is 1. The lowest BCUT2D eigenvalue weighted by atomic mass is 10.1. The van der Waals surface area contributed by atoms with Crippen LogP contribution in [-0.4, -0.2) is 17.1 Å². The van der Waals surface area contributed by atoms with E-state index in [0.29, 0.717) is 0 Å². The molecule has 13 heavy (non-hydrogen) atoms. The second-order valence-electron chi connectivity index (χ2n) is 3.08. The zero-order chi connectivity index (χ0) is 9.84. The van der Waals surface area contributed by atoms with Crippen LogP contribution in [0.4, 0.5) is 0 Å². The van der Waals surface area contributed by atoms with E-state index in [9.17, 15) is 0 Å². The van der Waals surface area contributed by atoms with Gasteiger partial charge in [-0.25, -0.2) is 0 Å². The molecule has 0 bridgehead atoms. The molecular formula is C10H15NOS. The SMILES string of the molecule is Cc1ccc(SC(N)CO)cc1C. The van der Waals surface area contributed by atoms with Gasteiger partial charge in [-0.05, 0) is 37.1 Å². The zero-order valence-electron chi connectivity index (χ0n) is 7.95. The van der Waals surface area contributed by atoms with Gasteiger partial charge in [0.2, 0.25) is 0 Å². The summed E-state index contributed by atoms with van der Waals surface area (Å²) in [6.45, 7) is 4.16. The molecule has 0 radical (unpaired) electrons. The van der Waals surface area contributed by atoms with Crippen molar-refractivity contribution < 1.29 is 5.11 Å². The molecule has 72 valence electrons. The Balaban J connectivity index is 2.73. The summed E-state index contributed by atoms with van der Waals surface area (Å²) < 4.78 is 0. The monoisotopic (exact) mass is 197 g/mol. The van der Waals surface area contributed by atoms with Crippen molar-refractivity contribution in [1.29, 1.82) is 0 Å². The van der Waals surface area contributed by atoms with Gasteiger partial charge in [0.15, 0.2) is 0 Å². The highest BCUT2D eigenvalue weighted by Crippen LogP contribution is 2.22. The highest BCUT2D eigenvalue weighted by molar-refractivity contribution is 7.99. The molecule has 1 aromatic carbocycles. The van der Waals surface area contributed by atoms with Gasteiger partial charge in [0.1, 0.15) is 0 Å². The van der Waals surface area contributed by atoms with E-state index in [2.05, 4.69) is 26.0 Å². The Kier molecular flexibility index (Phi) is 3.78. The maximum atomic E-state index is 8.77. The van der Waals surface area contributed by atoms with Gasteiger partial charge in [-0.2, -0.15) is 0 Å². The predicted molar refractivity (Wildman–Crippen MR) is 56.8 cm³/mol. The van der Waals surface area contributed by atoms with Gasteiger partial charge in [-0.15, -0.1) is 11.8 Å². The van der Waals surface area contributed by atoms with Gasteiger partial charge in [0.05, 0.1) is 12.0 Å². The first-order valence-corrected chi connectivity index (χ1v) is 5.12. The largest absolute Gasteiger partial charge is 0.394 e. The fraction of sp³-hybridized carbons (Fsp3) is 0.400. The van der Waals surface area contributed by atoms with E-state index in [1.54, 1.807) is 0 Å². The second kappa shape index (κ2) is 4.65. The van der Waals surface area contributed by atoms with Crippen LogP contribution < -0.4 is 5.73 Å². The van der Waals surface area contributed by atoms with Crippen molar-refractivity contribution in [2.75, 3.05) is 6.61 Å². The van der Waals surface area contributed by atoms with E-state index in [1.165, 1.54) is 22.9 Å². The van der Waals surface area contributed by atoms with Crippen molar-refractivity contribution >= 4 is 11.8 Å². The third kappa shape index (κ3) is 3.03. The van der Waals surface area contributed by atoms with E-state index in [-0.39, 0.29) is 12.0 Å². The summed E-state index contributed by atoms with van der Waals surface area (Å²) in [6.07, 6.45) is 0. The topological polar surface area (TPSA) is 46.2 Å². The molecule has 0 aliphatic rings. The summed E-state index contributed by atoms with van der Waals surface area (Å²) in [5.74, 6) is 0. The van der Waals surface area contributed by atoms with Gasteiger partial charge in [-0.3, -0.25) is 0 Å². The van der Waals surface area contributed by atoms with Crippen LogP contribution >= 0.6 is 11.8 Å².